The Balaban J connectivity index is 1.34. The second kappa shape index (κ2) is 5.72. The van der Waals surface area contributed by atoms with Gasteiger partial charge in [0.25, 0.3) is 0 Å². The second-order valence-electron chi connectivity index (χ2n) is 5.78. The molecule has 2 aromatic rings. The summed E-state index contributed by atoms with van der Waals surface area (Å²) in [5.41, 5.74) is 7.44. The number of amides is 1. The molecule has 3 unspecified atom stereocenters. The van der Waals surface area contributed by atoms with Crippen molar-refractivity contribution in [1.29, 1.82) is 0 Å². The van der Waals surface area contributed by atoms with Crippen LogP contribution in [0.3, 0.4) is 0 Å². The van der Waals surface area contributed by atoms with Gasteiger partial charge < -0.3 is 15.8 Å². The third-order valence-corrected chi connectivity index (χ3v) is 6.33. The standard InChI is InChI=1S/C15H17N3O2S2/c16-8-1-3-10-13(5-8)22-15(18-10)21-7-14(19)17-11-6-9-2-4-12(11)20-9/h1,3,5,9,11-12H,2,4,6-7,16H2,(H,17,19). The molecule has 0 radical (unpaired) electrons. The summed E-state index contributed by atoms with van der Waals surface area (Å²) >= 11 is 3.05. The van der Waals surface area contributed by atoms with Crippen molar-refractivity contribution < 1.29 is 9.53 Å². The minimum atomic E-state index is 0.0601. The topological polar surface area (TPSA) is 77.2 Å². The zero-order valence-electron chi connectivity index (χ0n) is 12.0. The highest BCUT2D eigenvalue weighted by Gasteiger charge is 2.41. The maximum absolute atomic E-state index is 12.1. The van der Waals surface area contributed by atoms with Crippen molar-refractivity contribution >= 4 is 44.9 Å². The SMILES string of the molecule is Nc1ccc2nc(SCC(=O)NC3CC4CCC3O4)sc2c1. The van der Waals surface area contributed by atoms with Gasteiger partial charge in [-0.15, -0.1) is 11.3 Å². The number of thioether (sulfide) groups is 1. The molecule has 1 amide bonds. The first kappa shape index (κ1) is 14.3. The summed E-state index contributed by atoms with van der Waals surface area (Å²) in [6, 6.07) is 5.88. The molecule has 3 atom stereocenters. The Kier molecular flexibility index (Phi) is 3.71. The number of nitrogens with one attached hydrogen (secondary N) is 1. The van der Waals surface area contributed by atoms with E-state index < -0.39 is 0 Å². The summed E-state index contributed by atoms with van der Waals surface area (Å²) in [5.74, 6) is 0.452. The first-order valence-corrected chi connectivity index (χ1v) is 9.21. The van der Waals surface area contributed by atoms with Crippen LogP contribution in [-0.2, 0) is 9.53 Å². The predicted octanol–water partition coefficient (Wildman–Crippen LogP) is 2.41. The van der Waals surface area contributed by atoms with Crippen LogP contribution in [0.1, 0.15) is 19.3 Å². The molecule has 3 heterocycles. The molecule has 0 aliphatic carbocycles. The highest BCUT2D eigenvalue weighted by atomic mass is 32.2. The number of nitrogens with two attached hydrogens (primary N) is 1. The van der Waals surface area contributed by atoms with Gasteiger partial charge in [-0.3, -0.25) is 4.79 Å². The van der Waals surface area contributed by atoms with Crippen LogP contribution in [0.25, 0.3) is 10.2 Å². The number of carbonyl (C=O) groups excluding carboxylic acids is 1. The van der Waals surface area contributed by atoms with Gasteiger partial charge in [0, 0.05) is 5.69 Å². The number of fused-ring (bicyclic) bond motifs is 3. The molecule has 2 aliphatic rings. The summed E-state index contributed by atoms with van der Waals surface area (Å²) in [6.07, 6.45) is 3.76. The number of carbonyl (C=O) groups is 1. The molecule has 116 valence electrons. The number of rotatable bonds is 4. The fourth-order valence-corrected chi connectivity index (χ4v) is 5.08. The smallest absolute Gasteiger partial charge is 0.230 e. The number of hydrogen-bond donors (Lipinski definition) is 2. The van der Waals surface area contributed by atoms with Gasteiger partial charge in [0.2, 0.25) is 5.91 Å². The molecule has 7 heteroatoms. The van der Waals surface area contributed by atoms with Crippen LogP contribution in [0.4, 0.5) is 5.69 Å². The lowest BCUT2D eigenvalue weighted by Crippen LogP contribution is -2.42. The normalized spacial score (nSPS) is 26.6. The molecular formula is C15H17N3O2S2. The zero-order chi connectivity index (χ0) is 15.1. The van der Waals surface area contributed by atoms with E-state index in [2.05, 4.69) is 10.3 Å². The van der Waals surface area contributed by atoms with E-state index in [9.17, 15) is 4.79 Å². The minimum Gasteiger partial charge on any atom is -0.399 e. The monoisotopic (exact) mass is 335 g/mol. The summed E-state index contributed by atoms with van der Waals surface area (Å²) in [7, 11) is 0. The maximum Gasteiger partial charge on any atom is 0.230 e. The molecule has 1 aromatic heterocycles. The Labute approximate surface area is 136 Å². The summed E-state index contributed by atoms with van der Waals surface area (Å²) in [4.78, 5) is 16.6. The van der Waals surface area contributed by atoms with Gasteiger partial charge in [-0.2, -0.15) is 0 Å². The fraction of sp³-hybridized carbons (Fsp3) is 0.467. The van der Waals surface area contributed by atoms with E-state index >= 15 is 0 Å². The molecule has 4 rings (SSSR count). The van der Waals surface area contributed by atoms with Gasteiger partial charge in [0.1, 0.15) is 0 Å². The lowest BCUT2D eigenvalue weighted by Gasteiger charge is -2.19. The molecule has 0 spiro atoms. The summed E-state index contributed by atoms with van der Waals surface area (Å²) in [6.45, 7) is 0. The van der Waals surface area contributed by atoms with Crippen molar-refractivity contribution in [2.24, 2.45) is 0 Å². The number of hydrogen-bond acceptors (Lipinski definition) is 6. The number of nitrogens with zero attached hydrogens (tertiary/aromatic N) is 1. The van der Waals surface area contributed by atoms with Crippen molar-refractivity contribution in [3.63, 3.8) is 0 Å². The summed E-state index contributed by atoms with van der Waals surface area (Å²) in [5, 5.41) is 3.10. The van der Waals surface area contributed by atoms with Crippen LogP contribution >= 0.6 is 23.1 Å². The van der Waals surface area contributed by atoms with Crippen LogP contribution in [0.5, 0.6) is 0 Å². The van der Waals surface area contributed by atoms with E-state index in [1.807, 2.05) is 18.2 Å². The third kappa shape index (κ3) is 2.80. The lowest BCUT2D eigenvalue weighted by atomic mass is 9.95. The molecule has 2 saturated heterocycles. The number of anilines is 1. The first-order chi connectivity index (χ1) is 10.7. The van der Waals surface area contributed by atoms with Crippen molar-refractivity contribution in [3.8, 4) is 0 Å². The van der Waals surface area contributed by atoms with Crippen molar-refractivity contribution in [3.05, 3.63) is 18.2 Å². The average molecular weight is 335 g/mol. The maximum atomic E-state index is 12.1. The Morgan fingerprint density at radius 3 is 3.18 bits per heavy atom. The summed E-state index contributed by atoms with van der Waals surface area (Å²) < 4.78 is 7.72. The van der Waals surface area contributed by atoms with Crippen LogP contribution in [0.15, 0.2) is 22.5 Å². The molecule has 2 aliphatic heterocycles. The molecule has 5 nitrogen and oxygen atoms in total. The molecule has 2 fully saturated rings. The largest absolute Gasteiger partial charge is 0.399 e. The van der Waals surface area contributed by atoms with E-state index in [4.69, 9.17) is 10.5 Å². The lowest BCUT2D eigenvalue weighted by molar-refractivity contribution is -0.119. The van der Waals surface area contributed by atoms with Gasteiger partial charge in [-0.25, -0.2) is 4.98 Å². The Hall–Kier alpha value is -1.31. The van der Waals surface area contributed by atoms with Crippen LogP contribution < -0.4 is 11.1 Å². The molecule has 0 saturated carbocycles. The van der Waals surface area contributed by atoms with E-state index in [0.717, 1.165) is 39.5 Å². The van der Waals surface area contributed by atoms with Gasteiger partial charge in [-0.05, 0) is 37.5 Å². The van der Waals surface area contributed by atoms with E-state index in [1.165, 1.54) is 11.8 Å². The van der Waals surface area contributed by atoms with Crippen molar-refractivity contribution in [1.82, 2.24) is 10.3 Å². The number of ether oxygens (including phenoxy) is 1. The van der Waals surface area contributed by atoms with E-state index in [-0.39, 0.29) is 18.1 Å². The molecule has 1 aromatic carbocycles. The van der Waals surface area contributed by atoms with Gasteiger partial charge in [0.05, 0.1) is 34.2 Å². The van der Waals surface area contributed by atoms with Gasteiger partial charge in [-0.1, -0.05) is 11.8 Å². The van der Waals surface area contributed by atoms with E-state index in [0.29, 0.717) is 11.9 Å². The Morgan fingerprint density at radius 1 is 1.50 bits per heavy atom. The number of nitrogen functional groups attached to an aromatic ring is 1. The highest BCUT2D eigenvalue weighted by molar-refractivity contribution is 8.01. The van der Waals surface area contributed by atoms with Crippen LogP contribution in [0.2, 0.25) is 0 Å². The average Bonchev–Trinajstić information content (AvgIpc) is 3.18. The molecular weight excluding hydrogens is 318 g/mol. The first-order valence-electron chi connectivity index (χ1n) is 7.41. The third-order valence-electron chi connectivity index (χ3n) is 4.17. The minimum absolute atomic E-state index is 0.0601. The molecule has 3 N–H and O–H groups in total. The van der Waals surface area contributed by atoms with Crippen LogP contribution in [-0.4, -0.2) is 34.9 Å². The quantitative estimate of drug-likeness (QED) is 0.663. The van der Waals surface area contributed by atoms with Crippen molar-refractivity contribution in [2.45, 2.75) is 41.9 Å². The number of thiazole rings is 1. The van der Waals surface area contributed by atoms with Gasteiger partial charge >= 0.3 is 0 Å². The van der Waals surface area contributed by atoms with Crippen LogP contribution in [0, 0.1) is 0 Å². The molecule has 2 bridgehead atoms. The number of aromatic nitrogens is 1. The number of benzene rings is 1. The Morgan fingerprint density at radius 2 is 2.41 bits per heavy atom. The molecule has 22 heavy (non-hydrogen) atoms. The highest BCUT2D eigenvalue weighted by Crippen LogP contribution is 2.34. The predicted molar refractivity (Wildman–Crippen MR) is 89.2 cm³/mol. The van der Waals surface area contributed by atoms with Gasteiger partial charge in [0.15, 0.2) is 4.34 Å². The fourth-order valence-electron chi connectivity index (χ4n) is 3.15. The Bertz CT molecular complexity index is 718. The second-order valence-corrected chi connectivity index (χ2v) is 8.03. The van der Waals surface area contributed by atoms with E-state index in [1.54, 1.807) is 11.3 Å². The zero-order valence-corrected chi connectivity index (χ0v) is 13.6. The van der Waals surface area contributed by atoms with Crippen molar-refractivity contribution in [2.75, 3.05) is 11.5 Å².